The fraction of sp³-hybridized carbons (Fsp3) is 0.700. The van der Waals surface area contributed by atoms with Crippen LogP contribution in [0.4, 0.5) is 0 Å². The highest BCUT2D eigenvalue weighted by Crippen LogP contribution is 1.94. The zero-order chi connectivity index (χ0) is 12.7. The van der Waals surface area contributed by atoms with E-state index in [4.69, 9.17) is 5.11 Å². The molecule has 0 fully saturated rings. The van der Waals surface area contributed by atoms with Crippen LogP contribution < -0.4 is 10.6 Å². The van der Waals surface area contributed by atoms with E-state index in [1.807, 2.05) is 0 Å². The van der Waals surface area contributed by atoms with Gasteiger partial charge in [-0.05, 0) is 6.92 Å². The maximum absolute atomic E-state index is 11.4. The predicted molar refractivity (Wildman–Crippen MR) is 57.5 cm³/mol. The van der Waals surface area contributed by atoms with E-state index < -0.39 is 24.5 Å². The SMILES string of the molecule is CC(=O)N[C@@H](CO)C(=O)NCC(C)C(C)=O. The summed E-state index contributed by atoms with van der Waals surface area (Å²) in [7, 11) is 0. The van der Waals surface area contributed by atoms with Crippen LogP contribution in [-0.4, -0.2) is 41.9 Å². The van der Waals surface area contributed by atoms with Gasteiger partial charge in [0.1, 0.15) is 11.8 Å². The van der Waals surface area contributed by atoms with Gasteiger partial charge in [0, 0.05) is 19.4 Å². The van der Waals surface area contributed by atoms with Gasteiger partial charge in [-0.2, -0.15) is 0 Å². The van der Waals surface area contributed by atoms with E-state index in [1.165, 1.54) is 13.8 Å². The maximum atomic E-state index is 11.4. The van der Waals surface area contributed by atoms with Gasteiger partial charge >= 0.3 is 0 Å². The smallest absolute Gasteiger partial charge is 0.244 e. The molecule has 0 radical (unpaired) electrons. The third-order valence-corrected chi connectivity index (χ3v) is 2.15. The van der Waals surface area contributed by atoms with Crippen molar-refractivity contribution < 1.29 is 19.5 Å². The zero-order valence-electron chi connectivity index (χ0n) is 9.74. The van der Waals surface area contributed by atoms with E-state index in [1.54, 1.807) is 6.92 Å². The highest BCUT2D eigenvalue weighted by molar-refractivity contribution is 5.87. The molecule has 1 unspecified atom stereocenters. The van der Waals surface area contributed by atoms with Crippen molar-refractivity contribution in [1.82, 2.24) is 10.6 Å². The third kappa shape index (κ3) is 5.45. The number of carbonyl (C=O) groups excluding carboxylic acids is 3. The van der Waals surface area contributed by atoms with E-state index >= 15 is 0 Å². The lowest BCUT2D eigenvalue weighted by Crippen LogP contribution is -2.49. The van der Waals surface area contributed by atoms with E-state index in [9.17, 15) is 14.4 Å². The third-order valence-electron chi connectivity index (χ3n) is 2.15. The maximum Gasteiger partial charge on any atom is 0.244 e. The van der Waals surface area contributed by atoms with Gasteiger partial charge in [0.05, 0.1) is 6.61 Å². The Bertz CT molecular complexity index is 278. The molecule has 0 aliphatic rings. The number of hydrogen-bond donors (Lipinski definition) is 3. The summed E-state index contributed by atoms with van der Waals surface area (Å²) >= 11 is 0. The molecular weight excluding hydrogens is 212 g/mol. The lowest BCUT2D eigenvalue weighted by Gasteiger charge is -2.16. The van der Waals surface area contributed by atoms with Crippen molar-refractivity contribution in [2.24, 2.45) is 5.92 Å². The Morgan fingerprint density at radius 2 is 1.81 bits per heavy atom. The van der Waals surface area contributed by atoms with Gasteiger partial charge < -0.3 is 15.7 Å². The molecule has 0 aliphatic carbocycles. The highest BCUT2D eigenvalue weighted by atomic mass is 16.3. The molecule has 0 saturated carbocycles. The van der Waals surface area contributed by atoms with Gasteiger partial charge in [0.2, 0.25) is 11.8 Å². The fourth-order valence-corrected chi connectivity index (χ4v) is 0.960. The monoisotopic (exact) mass is 230 g/mol. The number of aliphatic hydroxyl groups is 1. The quantitative estimate of drug-likeness (QED) is 0.535. The molecule has 0 spiro atoms. The van der Waals surface area contributed by atoms with E-state index in [0.717, 1.165) is 0 Å². The van der Waals surface area contributed by atoms with Gasteiger partial charge in [-0.1, -0.05) is 6.92 Å². The summed E-state index contributed by atoms with van der Waals surface area (Å²) in [6.07, 6.45) is 0. The zero-order valence-corrected chi connectivity index (χ0v) is 9.74. The molecule has 2 amide bonds. The Balaban J connectivity index is 4.12. The van der Waals surface area contributed by atoms with Crippen LogP contribution in [0, 0.1) is 5.92 Å². The first kappa shape index (κ1) is 14.6. The highest BCUT2D eigenvalue weighted by Gasteiger charge is 2.19. The largest absolute Gasteiger partial charge is 0.394 e. The van der Waals surface area contributed by atoms with E-state index in [0.29, 0.717) is 0 Å². The summed E-state index contributed by atoms with van der Waals surface area (Å²) in [6, 6.07) is -0.961. The van der Waals surface area contributed by atoms with Crippen LogP contribution in [0.3, 0.4) is 0 Å². The lowest BCUT2D eigenvalue weighted by atomic mass is 10.1. The second-order valence-electron chi connectivity index (χ2n) is 3.69. The summed E-state index contributed by atoms with van der Waals surface area (Å²) in [4.78, 5) is 33.1. The number of hydrogen-bond acceptors (Lipinski definition) is 4. The first-order chi connectivity index (χ1) is 7.38. The second-order valence-corrected chi connectivity index (χ2v) is 3.69. The summed E-state index contributed by atoms with van der Waals surface area (Å²) in [5, 5.41) is 13.7. The first-order valence-corrected chi connectivity index (χ1v) is 5.04. The van der Waals surface area contributed by atoms with Crippen LogP contribution in [0.15, 0.2) is 0 Å². The fourth-order valence-electron chi connectivity index (χ4n) is 0.960. The number of ketones is 1. The minimum Gasteiger partial charge on any atom is -0.394 e. The molecule has 6 heteroatoms. The van der Waals surface area contributed by atoms with Gasteiger partial charge in [-0.15, -0.1) is 0 Å². The van der Waals surface area contributed by atoms with Crippen LogP contribution in [-0.2, 0) is 14.4 Å². The summed E-state index contributed by atoms with van der Waals surface area (Å²) < 4.78 is 0. The number of aliphatic hydroxyl groups excluding tert-OH is 1. The molecule has 16 heavy (non-hydrogen) atoms. The molecule has 6 nitrogen and oxygen atoms in total. The van der Waals surface area contributed by atoms with Crippen molar-refractivity contribution in [3.63, 3.8) is 0 Å². The first-order valence-electron chi connectivity index (χ1n) is 5.04. The Kier molecular flexibility index (Phi) is 6.32. The molecule has 2 atom stereocenters. The van der Waals surface area contributed by atoms with Crippen molar-refractivity contribution in [3.8, 4) is 0 Å². The van der Waals surface area contributed by atoms with Crippen LogP contribution in [0.1, 0.15) is 20.8 Å². The van der Waals surface area contributed by atoms with Crippen molar-refractivity contribution >= 4 is 17.6 Å². The van der Waals surface area contributed by atoms with Crippen molar-refractivity contribution in [1.29, 1.82) is 0 Å². The Morgan fingerprint density at radius 3 is 2.19 bits per heavy atom. The number of Topliss-reactive ketones (excluding diaryl/α,β-unsaturated/α-hetero) is 1. The van der Waals surface area contributed by atoms with Crippen LogP contribution in [0.2, 0.25) is 0 Å². The van der Waals surface area contributed by atoms with Crippen molar-refractivity contribution in [2.45, 2.75) is 26.8 Å². The number of nitrogens with one attached hydrogen (secondary N) is 2. The van der Waals surface area contributed by atoms with Crippen molar-refractivity contribution in [2.75, 3.05) is 13.2 Å². The van der Waals surface area contributed by atoms with Gasteiger partial charge in [-0.3, -0.25) is 14.4 Å². The molecule has 0 rings (SSSR count). The Morgan fingerprint density at radius 1 is 1.25 bits per heavy atom. The number of carbonyl (C=O) groups is 3. The van der Waals surface area contributed by atoms with Gasteiger partial charge in [-0.25, -0.2) is 0 Å². The molecule has 0 aliphatic heterocycles. The molecule has 92 valence electrons. The van der Waals surface area contributed by atoms with Crippen LogP contribution in [0.25, 0.3) is 0 Å². The Labute approximate surface area is 94.4 Å². The number of amides is 2. The van der Waals surface area contributed by atoms with Crippen LogP contribution in [0.5, 0.6) is 0 Å². The van der Waals surface area contributed by atoms with Gasteiger partial charge in [0.25, 0.3) is 0 Å². The van der Waals surface area contributed by atoms with Gasteiger partial charge in [0.15, 0.2) is 0 Å². The standard InChI is InChI=1S/C10H18N2O4/c1-6(7(2)14)4-11-10(16)9(5-13)12-8(3)15/h6,9,13H,4-5H2,1-3H3,(H,11,16)(H,12,15)/t6?,9-/m0/s1. The predicted octanol–water partition coefficient (Wildman–Crippen LogP) is -1.18. The van der Waals surface area contributed by atoms with Crippen LogP contribution >= 0.6 is 0 Å². The van der Waals surface area contributed by atoms with Crippen molar-refractivity contribution in [3.05, 3.63) is 0 Å². The molecule has 0 aromatic rings. The molecule has 0 heterocycles. The van der Waals surface area contributed by atoms with E-state index in [2.05, 4.69) is 10.6 Å². The summed E-state index contributed by atoms with van der Waals surface area (Å²) in [5.74, 6) is -1.19. The summed E-state index contributed by atoms with van der Waals surface area (Å²) in [6.45, 7) is 4.11. The minimum atomic E-state index is -0.961. The average molecular weight is 230 g/mol. The molecule has 0 aromatic carbocycles. The number of rotatable bonds is 6. The molecule has 0 aromatic heterocycles. The molecular formula is C10H18N2O4. The topological polar surface area (TPSA) is 95.5 Å². The minimum absolute atomic E-state index is 0.0274. The molecule has 3 N–H and O–H groups in total. The van der Waals surface area contributed by atoms with E-state index in [-0.39, 0.29) is 18.2 Å². The Hall–Kier alpha value is -1.43. The molecule has 0 saturated heterocycles. The lowest BCUT2D eigenvalue weighted by molar-refractivity contribution is -0.129. The normalized spacial score (nSPS) is 13.8. The molecule has 0 bridgehead atoms. The second kappa shape index (κ2) is 6.95. The summed E-state index contributed by atoms with van der Waals surface area (Å²) in [5.41, 5.74) is 0. The average Bonchev–Trinajstić information content (AvgIpc) is 2.21.